The van der Waals surface area contributed by atoms with Gasteiger partial charge in [0.25, 0.3) is 20.2 Å². The third-order valence-corrected chi connectivity index (χ3v) is 9.58. The number of nitrogens with two attached hydrogens (primary N) is 1. The maximum atomic E-state index is 13.1. The highest BCUT2D eigenvalue weighted by molar-refractivity contribution is 7.95. The fourth-order valence-electron chi connectivity index (χ4n) is 5.38. The molecule has 1 aliphatic rings. The average Bonchev–Trinajstić information content (AvgIpc) is 3.10. The van der Waals surface area contributed by atoms with E-state index in [4.69, 9.17) is 15.2 Å². The van der Waals surface area contributed by atoms with Crippen LogP contribution >= 0.6 is 0 Å². The Morgan fingerprint density at radius 2 is 1.30 bits per heavy atom. The van der Waals surface area contributed by atoms with Crippen molar-refractivity contribution in [2.45, 2.75) is 4.90 Å². The second-order valence-corrected chi connectivity index (χ2v) is 13.6. The van der Waals surface area contributed by atoms with E-state index in [1.54, 1.807) is 66.7 Å². The first-order chi connectivity index (χ1) is 23.8. The second kappa shape index (κ2) is 13.2. The van der Waals surface area contributed by atoms with Crippen molar-refractivity contribution in [1.82, 2.24) is 0 Å². The number of ether oxygens (including phenoxy) is 2. The van der Waals surface area contributed by atoms with Crippen LogP contribution in [-0.2, 0) is 20.2 Å². The molecular formula is C34H27N5O9S2. The van der Waals surface area contributed by atoms with Gasteiger partial charge in [-0.1, -0.05) is 60.7 Å². The van der Waals surface area contributed by atoms with Gasteiger partial charge in [-0.25, -0.2) is 0 Å². The van der Waals surface area contributed by atoms with Gasteiger partial charge in [0.15, 0.2) is 0 Å². The van der Waals surface area contributed by atoms with E-state index in [0.717, 1.165) is 12.1 Å². The fourth-order valence-corrected chi connectivity index (χ4v) is 6.81. The summed E-state index contributed by atoms with van der Waals surface area (Å²) in [7, 11) is -6.37. The summed E-state index contributed by atoms with van der Waals surface area (Å²) in [5.41, 5.74) is 11.2. The Labute approximate surface area is 286 Å². The number of rotatable bonds is 9. The number of Topliss-reactive ketones (excluding diaryl/α,β-unsaturated/α-hetero) is 1. The van der Waals surface area contributed by atoms with Crippen LogP contribution in [0, 0.1) is 0 Å². The highest BCUT2D eigenvalue weighted by atomic mass is 32.2. The highest BCUT2D eigenvalue weighted by Crippen LogP contribution is 2.40. The molecule has 5 aromatic carbocycles. The second-order valence-electron chi connectivity index (χ2n) is 10.8. The minimum atomic E-state index is -4.66. The van der Waals surface area contributed by atoms with Crippen LogP contribution in [0.3, 0.4) is 0 Å². The number of hydrogen-bond donors (Lipinski definition) is 4. The molecular weight excluding hydrogens is 687 g/mol. The van der Waals surface area contributed by atoms with Crippen LogP contribution in [0.4, 0.5) is 22.7 Å². The first-order valence-electron chi connectivity index (χ1n) is 14.5. The van der Waals surface area contributed by atoms with E-state index in [1.807, 2.05) is 0 Å². The molecule has 0 amide bonds. The summed E-state index contributed by atoms with van der Waals surface area (Å²) in [6.45, 7) is 0. The SMILES string of the molecule is COc1cc(-c2ccc(N/N=C3/C=C(S(=O)(=O)O)c4ccccc4C3=O)c(OC)c2)ccc1N=Nc1cc(S(=O)(=O)O)c2ccccc2c1N. The zero-order chi connectivity index (χ0) is 35.8. The van der Waals surface area contributed by atoms with E-state index in [1.165, 1.54) is 32.4 Å². The standard InChI is InChI=1S/C34H27N5O9S2/c1-47-29-15-19(11-13-25(29)36-38-27-17-31(49(41,42)43)21-7-3-5-9-23(21)33(27)35)20-12-14-26(30(16-20)48-2)37-39-28-18-32(50(44,45)46)22-8-4-6-10-24(22)34(28)40/h3-18,37H,35H2,1-2H3,(H,41,42,43)(H,44,45,46)/b38-36?,39-28-. The number of fused-ring (bicyclic) bond motifs is 2. The van der Waals surface area contributed by atoms with E-state index in [9.17, 15) is 30.7 Å². The van der Waals surface area contributed by atoms with Gasteiger partial charge < -0.3 is 15.2 Å². The zero-order valence-electron chi connectivity index (χ0n) is 26.2. The molecule has 0 spiro atoms. The quantitative estimate of drug-likeness (QED) is 0.0547. The largest absolute Gasteiger partial charge is 0.494 e. The number of methoxy groups -OCH3 is 2. The summed E-state index contributed by atoms with van der Waals surface area (Å²) in [6.07, 6.45) is 1.00. The van der Waals surface area contributed by atoms with Gasteiger partial charge in [0.2, 0.25) is 5.78 Å². The molecule has 0 heterocycles. The number of ketones is 1. The van der Waals surface area contributed by atoms with E-state index < -0.39 is 30.9 Å². The number of carbonyl (C=O) groups is 1. The first kappa shape index (κ1) is 33.9. The van der Waals surface area contributed by atoms with Gasteiger partial charge in [-0.05, 0) is 47.5 Å². The predicted octanol–water partition coefficient (Wildman–Crippen LogP) is 6.66. The van der Waals surface area contributed by atoms with E-state index in [2.05, 4.69) is 20.8 Å². The van der Waals surface area contributed by atoms with Crippen LogP contribution in [0.1, 0.15) is 15.9 Å². The zero-order valence-corrected chi connectivity index (χ0v) is 27.9. The third-order valence-electron chi connectivity index (χ3n) is 7.80. The van der Waals surface area contributed by atoms with Crippen LogP contribution < -0.4 is 20.6 Å². The van der Waals surface area contributed by atoms with Crippen molar-refractivity contribution < 1.29 is 40.2 Å². The highest BCUT2D eigenvalue weighted by Gasteiger charge is 2.30. The molecule has 0 radical (unpaired) electrons. The molecule has 0 aliphatic heterocycles. The number of azo groups is 1. The topological polar surface area (TPSA) is 219 Å². The number of hydrazone groups is 1. The van der Waals surface area contributed by atoms with Gasteiger partial charge >= 0.3 is 0 Å². The summed E-state index contributed by atoms with van der Waals surface area (Å²) >= 11 is 0. The molecule has 0 aromatic heterocycles. The van der Waals surface area contributed by atoms with Crippen molar-refractivity contribution in [2.24, 2.45) is 15.3 Å². The molecule has 5 N–H and O–H groups in total. The monoisotopic (exact) mass is 713 g/mol. The van der Waals surface area contributed by atoms with Gasteiger partial charge in [0, 0.05) is 21.9 Å². The predicted molar refractivity (Wildman–Crippen MR) is 189 cm³/mol. The Morgan fingerprint density at radius 1 is 0.700 bits per heavy atom. The van der Waals surface area contributed by atoms with Gasteiger partial charge in [-0.15, -0.1) is 10.2 Å². The van der Waals surface area contributed by atoms with Gasteiger partial charge in [-0.3, -0.25) is 19.3 Å². The van der Waals surface area contributed by atoms with Crippen molar-refractivity contribution in [1.29, 1.82) is 0 Å². The van der Waals surface area contributed by atoms with Gasteiger partial charge in [-0.2, -0.15) is 21.9 Å². The molecule has 0 atom stereocenters. The average molecular weight is 714 g/mol. The first-order valence-corrected chi connectivity index (χ1v) is 17.4. The maximum Gasteiger partial charge on any atom is 0.295 e. The molecule has 5 aromatic rings. The van der Waals surface area contributed by atoms with Crippen LogP contribution in [0.15, 0.2) is 117 Å². The molecule has 254 valence electrons. The number of anilines is 2. The molecule has 0 unspecified atom stereocenters. The van der Waals surface area contributed by atoms with Crippen molar-refractivity contribution in [2.75, 3.05) is 25.4 Å². The fraction of sp³-hybridized carbons (Fsp3) is 0.0588. The van der Waals surface area contributed by atoms with Crippen molar-refractivity contribution in [3.8, 4) is 22.6 Å². The number of carbonyl (C=O) groups excluding carboxylic acids is 1. The Balaban J connectivity index is 1.29. The van der Waals surface area contributed by atoms with Crippen molar-refractivity contribution in [3.05, 3.63) is 108 Å². The number of nitrogens with one attached hydrogen (secondary N) is 1. The number of benzene rings is 5. The molecule has 0 saturated heterocycles. The number of nitrogens with zero attached hydrogens (tertiary/aromatic N) is 3. The van der Waals surface area contributed by atoms with E-state index in [-0.39, 0.29) is 38.5 Å². The lowest BCUT2D eigenvalue weighted by atomic mass is 9.95. The minimum Gasteiger partial charge on any atom is -0.494 e. The summed E-state index contributed by atoms with van der Waals surface area (Å²) in [5.74, 6) is 0.118. The molecule has 16 heteroatoms. The molecule has 50 heavy (non-hydrogen) atoms. The van der Waals surface area contributed by atoms with E-state index >= 15 is 0 Å². The molecule has 6 rings (SSSR count). The Kier molecular flexibility index (Phi) is 8.94. The summed E-state index contributed by atoms with van der Waals surface area (Å²) < 4.78 is 78.9. The molecule has 0 saturated carbocycles. The summed E-state index contributed by atoms with van der Waals surface area (Å²) in [6, 6.07) is 23.7. The smallest absolute Gasteiger partial charge is 0.295 e. The molecule has 14 nitrogen and oxygen atoms in total. The lowest BCUT2D eigenvalue weighted by molar-refractivity contribution is 0.106. The van der Waals surface area contributed by atoms with Crippen LogP contribution in [0.25, 0.3) is 26.8 Å². The van der Waals surface area contributed by atoms with Crippen LogP contribution in [0.2, 0.25) is 0 Å². The molecule has 0 fully saturated rings. The molecule has 0 bridgehead atoms. The Morgan fingerprint density at radius 3 is 1.96 bits per heavy atom. The summed E-state index contributed by atoms with van der Waals surface area (Å²) in [5, 5.41) is 13.2. The van der Waals surface area contributed by atoms with Crippen LogP contribution in [0.5, 0.6) is 11.5 Å². The third kappa shape index (κ3) is 6.55. The number of allylic oxidation sites excluding steroid dienone is 1. The lowest BCUT2D eigenvalue weighted by Crippen LogP contribution is -2.22. The number of hydrogen-bond acceptors (Lipinski definition) is 12. The normalized spacial score (nSPS) is 14.1. The van der Waals surface area contributed by atoms with E-state index in [0.29, 0.717) is 39.4 Å². The van der Waals surface area contributed by atoms with Gasteiger partial charge in [0.1, 0.15) is 38.4 Å². The Bertz CT molecular complexity index is 2530. The number of nitrogen functional groups attached to an aromatic ring is 1. The Hall–Kier alpha value is -5.94. The maximum absolute atomic E-state index is 13.1. The van der Waals surface area contributed by atoms with Crippen molar-refractivity contribution in [3.63, 3.8) is 0 Å². The lowest BCUT2D eigenvalue weighted by Gasteiger charge is -2.16. The minimum absolute atomic E-state index is 0.0303. The van der Waals surface area contributed by atoms with Gasteiger partial charge in [0.05, 0.1) is 25.6 Å². The van der Waals surface area contributed by atoms with Crippen molar-refractivity contribution >= 4 is 70.2 Å². The summed E-state index contributed by atoms with van der Waals surface area (Å²) in [4.78, 5) is 12.2. The van der Waals surface area contributed by atoms with Crippen LogP contribution in [-0.4, -0.2) is 51.7 Å². The molecule has 1 aliphatic carbocycles.